The average molecular weight is 1660 g/mol. The van der Waals surface area contributed by atoms with Gasteiger partial charge in [0.25, 0.3) is 0 Å². The van der Waals surface area contributed by atoms with E-state index in [1.807, 2.05) is 182 Å². The van der Waals surface area contributed by atoms with Crippen molar-refractivity contribution in [3.05, 3.63) is 277 Å². The lowest BCUT2D eigenvalue weighted by molar-refractivity contribution is 0.0600. The number of methoxy groups -OCH3 is 2. The molecule has 0 bridgehead atoms. The predicted molar refractivity (Wildman–Crippen MR) is 469 cm³/mol. The highest BCUT2D eigenvalue weighted by Crippen LogP contribution is 2.47. The monoisotopic (exact) mass is 1660 g/mol. The largest absolute Gasteiger partial charge is 0.497 e. The Kier molecular flexibility index (Phi) is 21.4. The van der Waals surface area contributed by atoms with E-state index in [0.29, 0.717) is 171 Å². The van der Waals surface area contributed by atoms with Crippen LogP contribution in [-0.4, -0.2) is 164 Å². The summed E-state index contributed by atoms with van der Waals surface area (Å²) >= 11 is 5.97. The van der Waals surface area contributed by atoms with Crippen LogP contribution in [0.15, 0.2) is 213 Å². The molecule has 0 unspecified atom stereocenters. The number of hydrogen-bond acceptors (Lipinski definition) is 26. The lowest BCUT2D eigenvalue weighted by atomic mass is 9.86. The Balaban J connectivity index is 0.000000114. The molecule has 0 aliphatic carbocycles. The SMILES string of the molecule is COc1cc(N2CC[C@@]3(O)C(=O)c4cc(Cl)ccc4N=C23)ccn1.COc1ccc(N2CC[C@@]3(O)C(=O)c4cc(C)c(C)cc4N=C23)cc1.Cc1cc2c(cc1C)C(=O)[C@]1(O)CCN(c3ccc(C#N)cc3)C1=N2.Cc1ccc2c(c1)C(=O)[C@]1(O)CCN(c3ccc(C#N)c(C)c3)C1=N2.Cc1ccc2c(c1)C(=O)[C@]1(O)CCN(c3ccc(C#N)cc3)C1=N2. The lowest BCUT2D eigenvalue weighted by Crippen LogP contribution is -2.48. The molecule has 27 heteroatoms. The van der Waals surface area contributed by atoms with Gasteiger partial charge in [0.15, 0.2) is 28.0 Å². The number of nitriles is 3. The van der Waals surface area contributed by atoms with E-state index in [0.717, 1.165) is 73.1 Å². The number of hydrogen-bond donors (Lipinski definition) is 5. The van der Waals surface area contributed by atoms with Crippen LogP contribution in [0.1, 0.15) is 140 Å². The number of fused-ring (bicyclic) bond motifs is 10. The van der Waals surface area contributed by atoms with Gasteiger partial charge in [-0.1, -0.05) is 34.9 Å². The highest BCUT2D eigenvalue weighted by atomic mass is 35.5. The minimum atomic E-state index is -1.63. The molecule has 5 fully saturated rings. The number of halogens is 1. The fourth-order valence-corrected chi connectivity index (χ4v) is 17.1. The summed E-state index contributed by atoms with van der Waals surface area (Å²) in [6, 6.07) is 60.4. The van der Waals surface area contributed by atoms with Gasteiger partial charge >= 0.3 is 0 Å². The summed E-state index contributed by atoms with van der Waals surface area (Å²) in [6.45, 7) is 16.1. The fourth-order valence-electron chi connectivity index (χ4n) is 17.0. The molecule has 10 aliphatic heterocycles. The van der Waals surface area contributed by atoms with E-state index in [2.05, 4.69) is 48.2 Å². The Hall–Kier alpha value is -14.0. The number of amidine groups is 5. The molecular formula is C96H83ClN14O12. The van der Waals surface area contributed by atoms with E-state index in [-0.39, 0.29) is 35.3 Å². The maximum Gasteiger partial charge on any atom is 0.214 e. The summed E-state index contributed by atoms with van der Waals surface area (Å²) in [5.41, 5.74) is 10.1. The summed E-state index contributed by atoms with van der Waals surface area (Å²) in [6.07, 6.45) is 3.13. The Morgan fingerprint density at radius 1 is 0.341 bits per heavy atom. The Bertz CT molecular complexity index is 6460. The number of aliphatic imine (C=N–C) groups is 5. The van der Waals surface area contributed by atoms with Crippen LogP contribution in [0.3, 0.4) is 0 Å². The fraction of sp³-hybridized carbons (Fsp3) is 0.250. The molecule has 26 nitrogen and oxygen atoms in total. The van der Waals surface area contributed by atoms with Crippen LogP contribution in [0.4, 0.5) is 56.9 Å². The first-order valence-electron chi connectivity index (χ1n) is 40.0. The minimum Gasteiger partial charge on any atom is -0.497 e. The molecule has 0 amide bonds. The smallest absolute Gasteiger partial charge is 0.214 e. The van der Waals surface area contributed by atoms with Crippen molar-refractivity contribution in [1.29, 1.82) is 15.8 Å². The zero-order valence-corrected chi connectivity index (χ0v) is 69.5. The zero-order chi connectivity index (χ0) is 87.1. The number of carbonyl (C=O) groups is 5. The van der Waals surface area contributed by atoms with Gasteiger partial charge in [-0.25, -0.2) is 29.9 Å². The van der Waals surface area contributed by atoms with E-state index >= 15 is 0 Å². The molecule has 5 atom stereocenters. The summed E-state index contributed by atoms with van der Waals surface area (Å²) in [5, 5.41) is 82.5. The molecule has 1 aromatic heterocycles. The van der Waals surface area contributed by atoms with E-state index < -0.39 is 28.0 Å². The third-order valence-corrected chi connectivity index (χ3v) is 24.5. The lowest BCUT2D eigenvalue weighted by Gasteiger charge is -2.30. The minimum absolute atomic E-state index is 0.258. The number of benzene rings is 9. The molecule has 5 N–H and O–H groups in total. The van der Waals surface area contributed by atoms with E-state index in [4.69, 9.17) is 36.9 Å². The molecular weight excluding hydrogens is 1580 g/mol. The van der Waals surface area contributed by atoms with Crippen LogP contribution < -0.4 is 34.0 Å². The topological polar surface area (TPSA) is 367 Å². The van der Waals surface area contributed by atoms with Gasteiger partial charge in [-0.15, -0.1) is 0 Å². The van der Waals surface area contributed by atoms with Crippen molar-refractivity contribution >= 4 is 127 Å². The van der Waals surface area contributed by atoms with Crippen molar-refractivity contribution in [2.45, 2.75) is 109 Å². The zero-order valence-electron chi connectivity index (χ0n) is 68.7. The summed E-state index contributed by atoms with van der Waals surface area (Å²) in [7, 11) is 3.16. The molecule has 5 saturated heterocycles. The first kappa shape index (κ1) is 82.7. The summed E-state index contributed by atoms with van der Waals surface area (Å²) in [4.78, 5) is 101. The number of aryl methyl sites for hydroxylation is 7. The molecule has 123 heavy (non-hydrogen) atoms. The van der Waals surface area contributed by atoms with Gasteiger partial charge in [-0.2, -0.15) is 15.8 Å². The quantitative estimate of drug-likeness (QED) is 0.0989. The second-order valence-corrected chi connectivity index (χ2v) is 32.4. The van der Waals surface area contributed by atoms with Crippen LogP contribution in [-0.2, 0) is 0 Å². The van der Waals surface area contributed by atoms with Crippen molar-refractivity contribution < 1.29 is 59.0 Å². The number of Topliss-reactive ketones (excluding diaryl/α,β-unsaturated/α-hetero) is 5. The first-order valence-corrected chi connectivity index (χ1v) is 40.3. The number of ketones is 5. The maximum atomic E-state index is 13.0. The van der Waals surface area contributed by atoms with Crippen molar-refractivity contribution in [3.63, 3.8) is 0 Å². The van der Waals surface area contributed by atoms with Crippen LogP contribution in [0.2, 0.25) is 5.02 Å². The molecule has 0 spiro atoms. The average Bonchev–Trinajstić information content (AvgIpc) is 1.63. The van der Waals surface area contributed by atoms with Crippen molar-refractivity contribution in [1.82, 2.24) is 4.98 Å². The number of aromatic nitrogens is 1. The third kappa shape index (κ3) is 14.4. The van der Waals surface area contributed by atoms with Gasteiger partial charge in [0.1, 0.15) is 34.9 Å². The number of anilines is 5. The molecule has 20 rings (SSSR count). The molecule has 616 valence electrons. The molecule has 10 aliphatic rings. The van der Waals surface area contributed by atoms with E-state index in [1.165, 1.54) is 7.11 Å². The Morgan fingerprint density at radius 3 is 1.02 bits per heavy atom. The molecule has 11 heterocycles. The van der Waals surface area contributed by atoms with Crippen molar-refractivity contribution in [2.24, 2.45) is 25.0 Å². The number of rotatable bonds is 7. The van der Waals surface area contributed by atoms with Gasteiger partial charge in [-0.05, 0) is 240 Å². The normalized spacial score (nSPS) is 21.7. The molecule has 0 radical (unpaired) electrons. The third-order valence-electron chi connectivity index (χ3n) is 24.2. The van der Waals surface area contributed by atoms with Crippen LogP contribution >= 0.6 is 11.6 Å². The van der Waals surface area contributed by atoms with Crippen molar-refractivity contribution in [3.8, 4) is 29.8 Å². The van der Waals surface area contributed by atoms with Gasteiger partial charge in [0, 0.05) is 138 Å². The second-order valence-electron chi connectivity index (χ2n) is 31.9. The Labute approximate surface area is 713 Å². The van der Waals surface area contributed by atoms with Gasteiger partial charge < -0.3 is 59.5 Å². The summed E-state index contributed by atoms with van der Waals surface area (Å²) < 4.78 is 10.3. The molecule has 10 aromatic rings. The van der Waals surface area contributed by atoms with Gasteiger partial charge in [0.2, 0.25) is 34.8 Å². The van der Waals surface area contributed by atoms with Crippen LogP contribution in [0.5, 0.6) is 11.6 Å². The summed E-state index contributed by atoms with van der Waals surface area (Å²) in [5.74, 6) is 1.59. The molecule has 9 aromatic carbocycles. The molecule has 0 saturated carbocycles. The maximum absolute atomic E-state index is 13.0. The first-order chi connectivity index (χ1) is 58.9. The second kappa shape index (κ2) is 31.9. The van der Waals surface area contributed by atoms with Gasteiger partial charge in [0.05, 0.1) is 77.6 Å². The number of pyridine rings is 1. The highest BCUT2D eigenvalue weighted by Gasteiger charge is 2.57. The Morgan fingerprint density at radius 2 is 0.667 bits per heavy atom. The number of carbonyl (C=O) groups excluding carboxylic acids is 5. The number of aliphatic hydroxyl groups is 5. The van der Waals surface area contributed by atoms with Gasteiger partial charge in [-0.3, -0.25) is 24.0 Å². The van der Waals surface area contributed by atoms with E-state index in [1.54, 1.807) is 86.1 Å². The van der Waals surface area contributed by atoms with Crippen molar-refractivity contribution in [2.75, 3.05) is 71.4 Å². The highest BCUT2D eigenvalue weighted by molar-refractivity contribution is 6.34. The predicted octanol–water partition coefficient (Wildman–Crippen LogP) is 14.6. The standard InChI is InChI=1S/2C20H17N3O2.C20H20N2O3.C19H15N3O2.C17H14ClN3O3/c1-12-3-6-17-16(9-12)18(24)20(25)7-8-23(19(20)22-17)15-5-4-14(11-21)13(2)10-15;1-12-9-16-17(10-13(12)2)22-19-20(25,18(16)24)7-8-23(19)15-5-3-14(11-21)4-6-15;1-12-10-16-17(11-13(12)2)21-19-20(24,18(16)23)8-9-22(19)14-4-6-15(25-3)7-5-14;1-12-2-7-16-15(10-12)17(23)19(24)8-9-22(18(19)21-16)14-5-3-13(11-20)4-6-14;1-24-14-9-11(4-6-19-14)21-7-5-17(23)15(22)12-8-10(18)2-3-13(12)20-16(17)21/h2*3-6,9-10,25H,7-8H2,1-2H3;4-7,10-11,24H,8-9H2,1-3H3;2-7,10,24H,8-9H2,1H3;2-4,6,8-9,23H,5,7H2,1H3/t3*20-;19-;17-/m11111/s1. The number of ether oxygens (including phenoxy) is 2. The van der Waals surface area contributed by atoms with E-state index in [9.17, 15) is 49.5 Å². The van der Waals surface area contributed by atoms with Crippen LogP contribution in [0.25, 0.3) is 0 Å². The van der Waals surface area contributed by atoms with Crippen LogP contribution in [0, 0.1) is 82.5 Å². The number of nitrogens with zero attached hydrogens (tertiary/aromatic N) is 14.